The number of allylic oxidation sites excluding steroid dienone is 2. The van der Waals surface area contributed by atoms with Crippen LogP contribution in [0.15, 0.2) is 34.9 Å². The number of nitro benzene ring substituents is 2. The van der Waals surface area contributed by atoms with E-state index in [1.54, 1.807) is 6.08 Å². The van der Waals surface area contributed by atoms with E-state index in [2.05, 4.69) is 10.5 Å². The highest BCUT2D eigenvalue weighted by molar-refractivity contribution is 5.74. The maximum absolute atomic E-state index is 10.8. The van der Waals surface area contributed by atoms with Gasteiger partial charge in [0.25, 0.3) is 5.69 Å². The molecule has 0 unspecified atom stereocenters. The van der Waals surface area contributed by atoms with Gasteiger partial charge >= 0.3 is 5.69 Å². The largest absolute Gasteiger partial charge is 0.301 e. The number of benzene rings is 1. The fourth-order valence-corrected chi connectivity index (χ4v) is 1.17. The van der Waals surface area contributed by atoms with Crippen molar-refractivity contribution in [2.45, 2.75) is 13.8 Å². The van der Waals surface area contributed by atoms with E-state index >= 15 is 0 Å². The molecule has 0 heterocycles. The van der Waals surface area contributed by atoms with E-state index < -0.39 is 15.5 Å². The molecule has 1 rings (SSSR count). The predicted octanol–water partition coefficient (Wildman–Crippen LogP) is 2.87. The van der Waals surface area contributed by atoms with Crippen molar-refractivity contribution in [3.63, 3.8) is 0 Å². The molecule has 19 heavy (non-hydrogen) atoms. The number of nitrogens with one attached hydrogen (secondary N) is 1. The van der Waals surface area contributed by atoms with E-state index in [9.17, 15) is 20.2 Å². The third-order valence-corrected chi connectivity index (χ3v) is 2.06. The second-order valence-electron chi connectivity index (χ2n) is 3.85. The quantitative estimate of drug-likeness (QED) is 0.499. The normalized spacial score (nSPS) is 10.2. The topological polar surface area (TPSA) is 111 Å². The molecule has 0 fully saturated rings. The lowest BCUT2D eigenvalue weighted by molar-refractivity contribution is -0.393. The zero-order valence-electron chi connectivity index (χ0n) is 10.4. The van der Waals surface area contributed by atoms with E-state index in [0.29, 0.717) is 0 Å². The number of rotatable bonds is 5. The second-order valence-corrected chi connectivity index (χ2v) is 3.85. The molecular weight excluding hydrogens is 252 g/mol. The smallest absolute Gasteiger partial charge is 0.272 e. The fraction of sp³-hybridized carbons (Fsp3) is 0.182. The van der Waals surface area contributed by atoms with Crippen molar-refractivity contribution in [2.75, 3.05) is 5.43 Å². The molecule has 0 spiro atoms. The molecule has 0 aromatic heterocycles. The van der Waals surface area contributed by atoms with Crippen molar-refractivity contribution >= 4 is 23.3 Å². The van der Waals surface area contributed by atoms with Crippen molar-refractivity contribution in [1.82, 2.24) is 0 Å². The van der Waals surface area contributed by atoms with Crippen molar-refractivity contribution in [3.8, 4) is 0 Å². The van der Waals surface area contributed by atoms with Gasteiger partial charge in [0.05, 0.1) is 15.9 Å². The van der Waals surface area contributed by atoms with Gasteiger partial charge in [-0.3, -0.25) is 25.7 Å². The van der Waals surface area contributed by atoms with E-state index in [-0.39, 0.29) is 11.4 Å². The van der Waals surface area contributed by atoms with Crippen LogP contribution >= 0.6 is 0 Å². The summed E-state index contributed by atoms with van der Waals surface area (Å²) < 4.78 is 0. The Bertz CT molecular complexity index is 562. The molecule has 0 aliphatic rings. The van der Waals surface area contributed by atoms with Gasteiger partial charge in [0.1, 0.15) is 5.69 Å². The summed E-state index contributed by atoms with van der Waals surface area (Å²) in [5.41, 5.74) is 2.84. The average molecular weight is 264 g/mol. The summed E-state index contributed by atoms with van der Waals surface area (Å²) in [6.07, 6.45) is 3.16. The van der Waals surface area contributed by atoms with Crippen molar-refractivity contribution in [1.29, 1.82) is 0 Å². The lowest BCUT2D eigenvalue weighted by Gasteiger charge is -2.01. The van der Waals surface area contributed by atoms with Crippen LogP contribution in [0.2, 0.25) is 0 Å². The van der Waals surface area contributed by atoms with E-state index in [1.807, 2.05) is 13.8 Å². The van der Waals surface area contributed by atoms with Gasteiger partial charge in [0.15, 0.2) is 0 Å². The first kappa shape index (κ1) is 14.3. The number of nitro groups is 2. The Morgan fingerprint density at radius 1 is 1.26 bits per heavy atom. The van der Waals surface area contributed by atoms with E-state index in [4.69, 9.17) is 0 Å². The first-order valence-electron chi connectivity index (χ1n) is 5.27. The van der Waals surface area contributed by atoms with Crippen LogP contribution in [-0.4, -0.2) is 16.1 Å². The highest BCUT2D eigenvalue weighted by Crippen LogP contribution is 2.28. The number of nitrogens with zero attached hydrogens (tertiary/aromatic N) is 3. The molecule has 0 aliphatic heterocycles. The molecule has 0 saturated carbocycles. The summed E-state index contributed by atoms with van der Waals surface area (Å²) in [5.74, 6) is 0. The molecule has 1 aromatic rings. The minimum atomic E-state index is -0.703. The predicted molar refractivity (Wildman–Crippen MR) is 71.3 cm³/mol. The third-order valence-electron chi connectivity index (χ3n) is 2.06. The van der Waals surface area contributed by atoms with Crippen molar-refractivity contribution in [2.24, 2.45) is 5.10 Å². The minimum absolute atomic E-state index is 0.0917. The molecule has 0 amide bonds. The van der Waals surface area contributed by atoms with Gasteiger partial charge < -0.3 is 0 Å². The highest BCUT2D eigenvalue weighted by Gasteiger charge is 2.18. The Morgan fingerprint density at radius 2 is 1.95 bits per heavy atom. The molecule has 0 radical (unpaired) electrons. The molecule has 1 N–H and O–H groups in total. The second kappa shape index (κ2) is 6.24. The van der Waals surface area contributed by atoms with Gasteiger partial charge in [-0.25, -0.2) is 0 Å². The molecular formula is C11H12N4O4. The zero-order chi connectivity index (χ0) is 14.4. The summed E-state index contributed by atoms with van der Waals surface area (Å²) in [4.78, 5) is 20.0. The first-order valence-corrected chi connectivity index (χ1v) is 5.27. The summed E-state index contributed by atoms with van der Waals surface area (Å²) >= 11 is 0. The van der Waals surface area contributed by atoms with Crippen LogP contribution in [0.1, 0.15) is 13.8 Å². The lowest BCUT2D eigenvalue weighted by atomic mass is 10.2. The molecule has 100 valence electrons. The molecule has 0 saturated heterocycles. The van der Waals surface area contributed by atoms with Gasteiger partial charge in [0, 0.05) is 12.3 Å². The van der Waals surface area contributed by atoms with Crippen molar-refractivity contribution in [3.05, 3.63) is 50.1 Å². The van der Waals surface area contributed by atoms with Crippen LogP contribution in [0.25, 0.3) is 0 Å². The standard InChI is InChI=1S/C11H12N4O4/c1-8(2)5-6-12-13-10-4-3-9(14(16)17)7-11(10)15(18)19/h3-7,13H,1-2H3. The number of hydrazone groups is 1. The summed E-state index contributed by atoms with van der Waals surface area (Å²) in [5, 5.41) is 25.1. The van der Waals surface area contributed by atoms with Crippen LogP contribution < -0.4 is 5.43 Å². The zero-order valence-corrected chi connectivity index (χ0v) is 10.4. The monoisotopic (exact) mass is 264 g/mol. The molecule has 0 atom stereocenters. The van der Waals surface area contributed by atoms with Gasteiger partial charge in [-0.15, -0.1) is 0 Å². The van der Waals surface area contributed by atoms with E-state index in [0.717, 1.165) is 11.6 Å². The molecule has 8 heteroatoms. The Kier molecular flexibility index (Phi) is 4.69. The Balaban J connectivity index is 3.01. The Hall–Kier alpha value is -2.77. The minimum Gasteiger partial charge on any atom is -0.272 e. The van der Waals surface area contributed by atoms with Gasteiger partial charge in [0.2, 0.25) is 0 Å². The summed E-state index contributed by atoms with van der Waals surface area (Å²) in [6, 6.07) is 3.31. The van der Waals surface area contributed by atoms with Gasteiger partial charge in [-0.2, -0.15) is 5.10 Å². The number of hydrogen-bond acceptors (Lipinski definition) is 6. The maximum Gasteiger partial charge on any atom is 0.301 e. The molecule has 0 bridgehead atoms. The summed E-state index contributed by atoms with van der Waals surface area (Å²) in [7, 11) is 0. The van der Waals surface area contributed by atoms with Crippen LogP contribution in [0.4, 0.5) is 17.1 Å². The fourth-order valence-electron chi connectivity index (χ4n) is 1.17. The van der Waals surface area contributed by atoms with Gasteiger partial charge in [-0.05, 0) is 26.0 Å². The Morgan fingerprint density at radius 3 is 2.47 bits per heavy atom. The van der Waals surface area contributed by atoms with Crippen LogP contribution in [0.5, 0.6) is 0 Å². The first-order chi connectivity index (χ1) is 8.91. The Labute approximate surface area is 108 Å². The average Bonchev–Trinajstić information content (AvgIpc) is 2.34. The number of anilines is 1. The molecule has 0 aliphatic carbocycles. The van der Waals surface area contributed by atoms with Crippen LogP contribution in [0, 0.1) is 20.2 Å². The maximum atomic E-state index is 10.8. The lowest BCUT2D eigenvalue weighted by Crippen LogP contribution is -1.98. The van der Waals surface area contributed by atoms with E-state index in [1.165, 1.54) is 18.3 Å². The molecule has 1 aromatic carbocycles. The van der Waals surface area contributed by atoms with Gasteiger partial charge in [-0.1, -0.05) is 5.57 Å². The summed E-state index contributed by atoms with van der Waals surface area (Å²) in [6.45, 7) is 3.75. The molecule has 8 nitrogen and oxygen atoms in total. The third kappa shape index (κ3) is 4.19. The highest BCUT2D eigenvalue weighted by atomic mass is 16.6. The van der Waals surface area contributed by atoms with Crippen LogP contribution in [0.3, 0.4) is 0 Å². The SMILES string of the molecule is CC(C)=CC=NNc1ccc([N+](=O)[O-])cc1[N+](=O)[O-]. The number of hydrogen-bond donors (Lipinski definition) is 1. The van der Waals surface area contributed by atoms with Crippen molar-refractivity contribution < 1.29 is 9.85 Å². The number of non-ortho nitro benzene ring substituents is 1. The van der Waals surface area contributed by atoms with Crippen LogP contribution in [-0.2, 0) is 0 Å².